The standard InChI is InChI=1S/C10H18N2OSi/c1-8(14(2,3)4)10(13)12(7-11)9-5-6-9/h8-9H,5-6H2,1-4H3/t8-/m0/s1. The molecular weight excluding hydrogens is 192 g/mol. The molecule has 0 aromatic rings. The van der Waals surface area contributed by atoms with Crippen LogP contribution < -0.4 is 0 Å². The van der Waals surface area contributed by atoms with Crippen molar-refractivity contribution in [1.29, 1.82) is 5.26 Å². The predicted molar refractivity (Wildman–Crippen MR) is 58.3 cm³/mol. The normalized spacial score (nSPS) is 18.5. The van der Waals surface area contributed by atoms with Crippen LogP contribution in [0.15, 0.2) is 0 Å². The summed E-state index contributed by atoms with van der Waals surface area (Å²) in [6.07, 6.45) is 4.02. The molecule has 3 nitrogen and oxygen atoms in total. The van der Waals surface area contributed by atoms with Crippen molar-refractivity contribution in [2.75, 3.05) is 0 Å². The van der Waals surface area contributed by atoms with Crippen molar-refractivity contribution in [2.24, 2.45) is 0 Å². The van der Waals surface area contributed by atoms with E-state index in [0.717, 1.165) is 12.8 Å². The molecule has 4 heteroatoms. The molecule has 0 bridgehead atoms. The second-order valence-corrected chi connectivity index (χ2v) is 10.7. The lowest BCUT2D eigenvalue weighted by molar-refractivity contribution is -0.128. The Morgan fingerprint density at radius 2 is 2.00 bits per heavy atom. The van der Waals surface area contributed by atoms with Crippen LogP contribution in [-0.2, 0) is 4.79 Å². The van der Waals surface area contributed by atoms with Gasteiger partial charge in [-0.25, -0.2) is 4.90 Å². The highest BCUT2D eigenvalue weighted by molar-refractivity contribution is 6.80. The van der Waals surface area contributed by atoms with E-state index in [1.807, 2.05) is 13.1 Å². The van der Waals surface area contributed by atoms with Gasteiger partial charge in [0, 0.05) is 11.6 Å². The third kappa shape index (κ3) is 2.35. The molecule has 0 saturated heterocycles. The Hall–Kier alpha value is -0.823. The van der Waals surface area contributed by atoms with Gasteiger partial charge in [-0.2, -0.15) is 5.26 Å². The molecule has 14 heavy (non-hydrogen) atoms. The number of carbonyl (C=O) groups excluding carboxylic acids is 1. The Morgan fingerprint density at radius 1 is 1.50 bits per heavy atom. The maximum absolute atomic E-state index is 11.9. The molecule has 0 aromatic carbocycles. The van der Waals surface area contributed by atoms with E-state index < -0.39 is 8.07 Å². The van der Waals surface area contributed by atoms with E-state index >= 15 is 0 Å². The number of amides is 1. The van der Waals surface area contributed by atoms with Gasteiger partial charge < -0.3 is 0 Å². The van der Waals surface area contributed by atoms with Crippen LogP contribution in [0.1, 0.15) is 19.8 Å². The second-order valence-electron chi connectivity index (χ2n) is 5.13. The monoisotopic (exact) mass is 210 g/mol. The molecular formula is C10H18N2OSi. The van der Waals surface area contributed by atoms with Gasteiger partial charge in [0.2, 0.25) is 5.91 Å². The van der Waals surface area contributed by atoms with Crippen molar-refractivity contribution in [3.05, 3.63) is 0 Å². The highest BCUT2D eigenvalue weighted by Gasteiger charge is 2.38. The lowest BCUT2D eigenvalue weighted by Gasteiger charge is -2.27. The number of hydrogen-bond acceptors (Lipinski definition) is 2. The Bertz CT molecular complexity index is 273. The molecule has 1 aliphatic carbocycles. The first-order valence-electron chi connectivity index (χ1n) is 5.10. The molecule has 0 aliphatic heterocycles. The summed E-state index contributed by atoms with van der Waals surface area (Å²) in [5.41, 5.74) is 0.0442. The first-order valence-corrected chi connectivity index (χ1v) is 8.68. The van der Waals surface area contributed by atoms with E-state index in [9.17, 15) is 4.79 Å². The third-order valence-corrected chi connectivity index (χ3v) is 5.77. The number of rotatable bonds is 3. The number of carbonyl (C=O) groups is 1. The zero-order chi connectivity index (χ0) is 10.9. The van der Waals surface area contributed by atoms with Crippen LogP contribution in [0.4, 0.5) is 0 Å². The summed E-state index contributed by atoms with van der Waals surface area (Å²) in [7, 11) is -1.46. The molecule has 1 amide bonds. The van der Waals surface area contributed by atoms with Crippen molar-refractivity contribution < 1.29 is 4.79 Å². The minimum Gasteiger partial charge on any atom is -0.274 e. The molecule has 1 rings (SSSR count). The van der Waals surface area contributed by atoms with Gasteiger partial charge in [0.15, 0.2) is 6.19 Å². The molecule has 1 saturated carbocycles. The average Bonchev–Trinajstić information content (AvgIpc) is 2.86. The molecule has 1 aliphatic rings. The zero-order valence-corrected chi connectivity index (χ0v) is 10.4. The van der Waals surface area contributed by atoms with Gasteiger partial charge in [0.05, 0.1) is 8.07 Å². The third-order valence-electron chi connectivity index (χ3n) is 2.93. The summed E-state index contributed by atoms with van der Waals surface area (Å²) >= 11 is 0. The molecule has 78 valence electrons. The Morgan fingerprint density at radius 3 is 2.29 bits per heavy atom. The molecule has 0 N–H and O–H groups in total. The van der Waals surface area contributed by atoms with Crippen molar-refractivity contribution in [3.8, 4) is 6.19 Å². The topological polar surface area (TPSA) is 44.1 Å². The molecule has 1 atom stereocenters. The summed E-state index contributed by atoms with van der Waals surface area (Å²) in [4.78, 5) is 13.3. The van der Waals surface area contributed by atoms with Crippen LogP contribution >= 0.6 is 0 Å². The summed E-state index contributed by atoms with van der Waals surface area (Å²) in [6.45, 7) is 8.45. The highest BCUT2D eigenvalue weighted by Crippen LogP contribution is 2.31. The van der Waals surface area contributed by atoms with Crippen LogP contribution in [0.5, 0.6) is 0 Å². The molecule has 0 radical (unpaired) electrons. The van der Waals surface area contributed by atoms with Gasteiger partial charge in [-0.3, -0.25) is 4.79 Å². The zero-order valence-electron chi connectivity index (χ0n) is 9.37. The average molecular weight is 210 g/mol. The van der Waals surface area contributed by atoms with Gasteiger partial charge in [-0.1, -0.05) is 26.6 Å². The first kappa shape index (κ1) is 11.3. The maximum Gasteiger partial charge on any atom is 0.235 e. The second kappa shape index (κ2) is 3.74. The van der Waals surface area contributed by atoms with Gasteiger partial charge in [-0.15, -0.1) is 0 Å². The lowest BCUT2D eigenvalue weighted by atomic mass is 10.4. The van der Waals surface area contributed by atoms with Crippen LogP contribution in [-0.4, -0.2) is 24.9 Å². The number of hydrogen-bond donors (Lipinski definition) is 0. The van der Waals surface area contributed by atoms with E-state index in [0.29, 0.717) is 0 Å². The Labute approximate surface area is 86.7 Å². The molecule has 0 spiro atoms. The van der Waals surface area contributed by atoms with Crippen LogP contribution in [0.3, 0.4) is 0 Å². The van der Waals surface area contributed by atoms with Crippen molar-refractivity contribution in [1.82, 2.24) is 4.90 Å². The first-order chi connectivity index (χ1) is 6.38. The minimum atomic E-state index is -1.46. The number of nitrogens with zero attached hydrogens (tertiary/aromatic N) is 2. The van der Waals surface area contributed by atoms with Gasteiger partial charge in [0.25, 0.3) is 0 Å². The van der Waals surface area contributed by atoms with Gasteiger partial charge in [-0.05, 0) is 12.8 Å². The fourth-order valence-electron chi connectivity index (χ4n) is 1.22. The van der Waals surface area contributed by atoms with E-state index in [4.69, 9.17) is 5.26 Å². The number of nitriles is 1. The molecule has 0 unspecified atom stereocenters. The lowest BCUT2D eigenvalue weighted by Crippen LogP contribution is -2.40. The fourth-order valence-corrected chi connectivity index (χ4v) is 2.10. The van der Waals surface area contributed by atoms with E-state index in [-0.39, 0.29) is 17.5 Å². The van der Waals surface area contributed by atoms with Crippen LogP contribution in [0.25, 0.3) is 0 Å². The van der Waals surface area contributed by atoms with Crippen molar-refractivity contribution in [2.45, 2.75) is 51.0 Å². The largest absolute Gasteiger partial charge is 0.274 e. The van der Waals surface area contributed by atoms with E-state index in [1.54, 1.807) is 0 Å². The quantitative estimate of drug-likeness (QED) is 0.407. The van der Waals surface area contributed by atoms with Gasteiger partial charge in [0.1, 0.15) is 0 Å². The SMILES string of the molecule is C[C@@H](C(=O)N(C#N)C1CC1)[Si](C)(C)C. The Kier molecular flexibility index (Phi) is 3.00. The van der Waals surface area contributed by atoms with Gasteiger partial charge >= 0.3 is 0 Å². The summed E-state index contributed by atoms with van der Waals surface area (Å²) < 4.78 is 0. The fraction of sp³-hybridized carbons (Fsp3) is 0.800. The van der Waals surface area contributed by atoms with E-state index in [1.165, 1.54) is 4.90 Å². The molecule has 1 fully saturated rings. The summed E-state index contributed by atoms with van der Waals surface area (Å²) in [5, 5.41) is 8.89. The van der Waals surface area contributed by atoms with Crippen LogP contribution in [0, 0.1) is 11.5 Å². The smallest absolute Gasteiger partial charge is 0.235 e. The maximum atomic E-state index is 11.9. The van der Waals surface area contributed by atoms with Crippen molar-refractivity contribution in [3.63, 3.8) is 0 Å². The van der Waals surface area contributed by atoms with E-state index in [2.05, 4.69) is 19.6 Å². The Balaban J connectivity index is 2.68. The minimum absolute atomic E-state index is 0.0363. The summed E-state index contributed by atoms with van der Waals surface area (Å²) in [6, 6.07) is 0.214. The molecule has 0 heterocycles. The predicted octanol–water partition coefficient (Wildman–Crippen LogP) is 2.19. The van der Waals surface area contributed by atoms with Crippen molar-refractivity contribution >= 4 is 14.0 Å². The highest BCUT2D eigenvalue weighted by atomic mass is 28.3. The molecule has 0 aromatic heterocycles. The summed E-state index contributed by atoms with van der Waals surface area (Å²) in [5.74, 6) is 0.0363. The van der Waals surface area contributed by atoms with Crippen LogP contribution in [0.2, 0.25) is 25.2 Å².